The van der Waals surface area contributed by atoms with Crippen LogP contribution in [0.3, 0.4) is 0 Å². The van der Waals surface area contributed by atoms with Crippen LogP contribution in [0.2, 0.25) is 0 Å². The van der Waals surface area contributed by atoms with Gasteiger partial charge in [-0.2, -0.15) is 0 Å². The van der Waals surface area contributed by atoms with Gasteiger partial charge in [-0.15, -0.1) is 0 Å². The minimum absolute atomic E-state index is 0.00310. The number of oxime groups is 1. The number of methoxy groups -OCH3 is 1. The molecule has 0 bridgehead atoms. The molecule has 1 unspecified atom stereocenters. The second kappa shape index (κ2) is 7.26. The number of carboxylic acid groups (broad SMARTS) is 1. The maximum atomic E-state index is 12.3. The van der Waals surface area contributed by atoms with Crippen molar-refractivity contribution in [3.8, 4) is 5.75 Å². The Morgan fingerprint density at radius 3 is 2.50 bits per heavy atom. The van der Waals surface area contributed by atoms with Crippen molar-refractivity contribution in [3.05, 3.63) is 60.2 Å². The first-order valence-electron chi connectivity index (χ1n) is 8.00. The van der Waals surface area contributed by atoms with Gasteiger partial charge in [0.2, 0.25) is 11.5 Å². The zero-order valence-corrected chi connectivity index (χ0v) is 14.1. The van der Waals surface area contributed by atoms with Crippen LogP contribution in [0, 0.1) is 0 Å². The van der Waals surface area contributed by atoms with E-state index in [0.717, 1.165) is 5.56 Å². The van der Waals surface area contributed by atoms with Gasteiger partial charge >= 0.3 is 5.97 Å². The van der Waals surface area contributed by atoms with Gasteiger partial charge in [0, 0.05) is 12.1 Å². The molecule has 2 aromatic rings. The van der Waals surface area contributed by atoms with Crippen molar-refractivity contribution in [2.75, 3.05) is 12.4 Å². The minimum Gasteiger partial charge on any atom is -0.497 e. The Hall–Kier alpha value is -3.35. The normalized spacial score (nSPS) is 18.6. The molecule has 0 radical (unpaired) electrons. The first kappa shape index (κ1) is 17.5. The van der Waals surface area contributed by atoms with Gasteiger partial charge < -0.3 is 20.0 Å². The van der Waals surface area contributed by atoms with E-state index in [1.165, 1.54) is 0 Å². The lowest BCUT2D eigenvalue weighted by Crippen LogP contribution is -2.42. The number of nitrogens with one attached hydrogen (secondary N) is 1. The zero-order valence-electron chi connectivity index (χ0n) is 14.1. The van der Waals surface area contributed by atoms with Crippen molar-refractivity contribution < 1.29 is 24.3 Å². The standard InChI is InChI=1S/C19H18N2O5/c1-25-15-9-7-13(8-10-15)16-11-19(18(23)24,26-21-16)12-17(22)20-14-5-3-2-4-6-14/h2-10H,11-12H2,1H3,(H,20,22)(H,23,24). The third-order valence-electron chi connectivity index (χ3n) is 4.10. The van der Waals surface area contributed by atoms with E-state index >= 15 is 0 Å². The largest absolute Gasteiger partial charge is 0.497 e. The summed E-state index contributed by atoms with van der Waals surface area (Å²) in [4.78, 5) is 29.3. The maximum Gasteiger partial charge on any atom is 0.351 e. The highest BCUT2D eigenvalue weighted by Gasteiger charge is 2.48. The van der Waals surface area contributed by atoms with Crippen LogP contribution in [0.1, 0.15) is 18.4 Å². The lowest BCUT2D eigenvalue weighted by Gasteiger charge is -2.21. The molecule has 0 aliphatic carbocycles. The smallest absolute Gasteiger partial charge is 0.351 e. The van der Waals surface area contributed by atoms with Gasteiger partial charge in [0.1, 0.15) is 5.75 Å². The van der Waals surface area contributed by atoms with Crippen LogP contribution in [0.5, 0.6) is 5.75 Å². The lowest BCUT2D eigenvalue weighted by molar-refractivity contribution is -0.165. The van der Waals surface area contributed by atoms with E-state index < -0.39 is 17.5 Å². The molecule has 0 fully saturated rings. The quantitative estimate of drug-likeness (QED) is 0.831. The van der Waals surface area contributed by atoms with Crippen molar-refractivity contribution in [3.63, 3.8) is 0 Å². The Morgan fingerprint density at radius 1 is 1.19 bits per heavy atom. The van der Waals surface area contributed by atoms with Crippen LogP contribution < -0.4 is 10.1 Å². The van der Waals surface area contributed by atoms with Crippen LogP contribution >= 0.6 is 0 Å². The van der Waals surface area contributed by atoms with Crippen LogP contribution in [-0.4, -0.2) is 35.4 Å². The minimum atomic E-state index is -1.71. The predicted molar refractivity (Wildman–Crippen MR) is 95.3 cm³/mol. The molecule has 7 heteroatoms. The fourth-order valence-corrected chi connectivity index (χ4v) is 2.69. The summed E-state index contributed by atoms with van der Waals surface area (Å²) in [5.41, 5.74) is 0.0704. The molecular weight excluding hydrogens is 336 g/mol. The van der Waals surface area contributed by atoms with E-state index in [9.17, 15) is 14.7 Å². The number of carbonyl (C=O) groups is 2. The molecule has 1 aliphatic rings. The molecule has 1 aliphatic heterocycles. The third-order valence-corrected chi connectivity index (χ3v) is 4.10. The molecule has 3 rings (SSSR count). The van der Waals surface area contributed by atoms with Crippen molar-refractivity contribution >= 4 is 23.3 Å². The molecule has 26 heavy (non-hydrogen) atoms. The van der Waals surface area contributed by atoms with E-state index in [0.29, 0.717) is 17.1 Å². The van der Waals surface area contributed by atoms with Crippen LogP contribution in [-0.2, 0) is 14.4 Å². The number of aliphatic carboxylic acids is 1. The Bertz CT molecular complexity index is 833. The highest BCUT2D eigenvalue weighted by Crippen LogP contribution is 2.31. The number of carboxylic acids is 1. The number of amides is 1. The van der Waals surface area contributed by atoms with Crippen molar-refractivity contribution in [1.29, 1.82) is 0 Å². The topological polar surface area (TPSA) is 97.2 Å². The van der Waals surface area contributed by atoms with E-state index in [4.69, 9.17) is 9.57 Å². The number of hydrogen-bond donors (Lipinski definition) is 2. The number of para-hydroxylation sites is 1. The molecule has 0 spiro atoms. The molecular formula is C19H18N2O5. The number of hydrogen-bond acceptors (Lipinski definition) is 5. The zero-order chi connectivity index (χ0) is 18.6. The van der Waals surface area contributed by atoms with E-state index in [1.807, 2.05) is 6.07 Å². The van der Waals surface area contributed by atoms with Gasteiger partial charge in [0.25, 0.3) is 0 Å². The predicted octanol–water partition coefficient (Wildman–Crippen LogP) is 2.67. The molecule has 1 heterocycles. The maximum absolute atomic E-state index is 12.3. The molecule has 134 valence electrons. The van der Waals surface area contributed by atoms with E-state index in [-0.39, 0.29) is 12.8 Å². The summed E-state index contributed by atoms with van der Waals surface area (Å²) in [7, 11) is 1.56. The molecule has 0 saturated carbocycles. The molecule has 0 aromatic heterocycles. The Kier molecular flexibility index (Phi) is 4.88. The van der Waals surface area contributed by atoms with Crippen LogP contribution in [0.15, 0.2) is 59.8 Å². The fraction of sp³-hybridized carbons (Fsp3) is 0.211. The summed E-state index contributed by atoms with van der Waals surface area (Å²) in [6.45, 7) is 0. The van der Waals surface area contributed by atoms with E-state index in [1.54, 1.807) is 55.6 Å². The number of rotatable bonds is 6. The molecule has 1 atom stereocenters. The van der Waals surface area contributed by atoms with Gasteiger partial charge in [0.05, 0.1) is 19.2 Å². The Morgan fingerprint density at radius 2 is 1.88 bits per heavy atom. The Labute approximate surface area is 150 Å². The Balaban J connectivity index is 1.71. The van der Waals surface area contributed by atoms with Crippen molar-refractivity contribution in [2.24, 2.45) is 5.16 Å². The summed E-state index contributed by atoms with van der Waals surface area (Å²) in [5, 5.41) is 16.2. The SMILES string of the molecule is COc1ccc(C2=NOC(CC(=O)Nc3ccccc3)(C(=O)O)C2)cc1. The summed E-state index contributed by atoms with van der Waals surface area (Å²) in [6, 6.07) is 15.9. The molecule has 0 saturated heterocycles. The monoisotopic (exact) mass is 354 g/mol. The second-order valence-electron chi connectivity index (χ2n) is 5.92. The molecule has 2 aromatic carbocycles. The summed E-state index contributed by atoms with van der Waals surface area (Å²) >= 11 is 0. The fourth-order valence-electron chi connectivity index (χ4n) is 2.69. The van der Waals surface area contributed by atoms with Crippen LogP contribution in [0.4, 0.5) is 5.69 Å². The number of ether oxygens (including phenoxy) is 1. The highest BCUT2D eigenvalue weighted by molar-refractivity contribution is 6.06. The first-order chi connectivity index (χ1) is 12.5. The van der Waals surface area contributed by atoms with Crippen molar-refractivity contribution in [1.82, 2.24) is 0 Å². The van der Waals surface area contributed by atoms with E-state index in [2.05, 4.69) is 10.5 Å². The second-order valence-corrected chi connectivity index (χ2v) is 5.92. The average Bonchev–Trinajstić information content (AvgIpc) is 3.08. The number of benzene rings is 2. The van der Waals surface area contributed by atoms with Gasteiger partial charge in [-0.1, -0.05) is 23.4 Å². The van der Waals surface area contributed by atoms with Gasteiger partial charge in [-0.05, 0) is 42.0 Å². The lowest BCUT2D eigenvalue weighted by atomic mass is 9.90. The van der Waals surface area contributed by atoms with Crippen molar-refractivity contribution in [2.45, 2.75) is 18.4 Å². The average molecular weight is 354 g/mol. The first-order valence-corrected chi connectivity index (χ1v) is 8.00. The summed E-state index contributed by atoms with van der Waals surface area (Å²) in [5.74, 6) is -1.00. The third kappa shape index (κ3) is 3.66. The summed E-state index contributed by atoms with van der Waals surface area (Å²) in [6.07, 6.45) is -0.350. The van der Waals surface area contributed by atoms with Gasteiger partial charge in [-0.3, -0.25) is 4.79 Å². The summed E-state index contributed by atoms with van der Waals surface area (Å²) < 4.78 is 5.10. The number of anilines is 1. The number of nitrogens with zero attached hydrogens (tertiary/aromatic N) is 1. The molecule has 1 amide bonds. The molecule has 2 N–H and O–H groups in total. The van der Waals surface area contributed by atoms with Gasteiger partial charge in [-0.25, -0.2) is 4.79 Å². The van der Waals surface area contributed by atoms with Gasteiger partial charge in [0.15, 0.2) is 0 Å². The number of carbonyl (C=O) groups excluding carboxylic acids is 1. The van der Waals surface area contributed by atoms with Crippen LogP contribution in [0.25, 0.3) is 0 Å². The molecule has 7 nitrogen and oxygen atoms in total. The highest BCUT2D eigenvalue weighted by atomic mass is 16.7.